The minimum absolute atomic E-state index is 0.122. The normalized spacial score (nSPS) is 18.8. The zero-order valence-electron chi connectivity index (χ0n) is 12.2. The van der Waals surface area contributed by atoms with E-state index in [9.17, 15) is 0 Å². The molecular formula is C15H25N3OS. The summed E-state index contributed by atoms with van der Waals surface area (Å²) in [5.41, 5.74) is 0.253. The number of thiophene rings is 1. The molecule has 0 radical (unpaired) electrons. The quantitative estimate of drug-likeness (QED) is 0.576. The zero-order valence-corrected chi connectivity index (χ0v) is 13.0. The van der Waals surface area contributed by atoms with Gasteiger partial charge >= 0.3 is 0 Å². The van der Waals surface area contributed by atoms with Crippen LogP contribution in [0.2, 0.25) is 0 Å². The molecule has 1 aromatic heterocycles. The summed E-state index contributed by atoms with van der Waals surface area (Å²) in [6.45, 7) is 1.57. The van der Waals surface area contributed by atoms with Crippen LogP contribution < -0.4 is 10.6 Å². The Balaban J connectivity index is 2.01. The molecule has 0 spiro atoms. The molecule has 0 saturated heterocycles. The second-order valence-corrected chi connectivity index (χ2v) is 6.34. The van der Waals surface area contributed by atoms with Crippen LogP contribution in [-0.4, -0.2) is 37.8 Å². The van der Waals surface area contributed by atoms with Crippen molar-refractivity contribution in [3.63, 3.8) is 0 Å². The average Bonchev–Trinajstić information content (AvgIpc) is 3.03. The molecule has 4 nitrogen and oxygen atoms in total. The van der Waals surface area contributed by atoms with Gasteiger partial charge in [-0.2, -0.15) is 0 Å². The molecule has 0 bridgehead atoms. The van der Waals surface area contributed by atoms with Crippen LogP contribution >= 0.6 is 11.3 Å². The monoisotopic (exact) mass is 295 g/mol. The van der Waals surface area contributed by atoms with E-state index < -0.39 is 0 Å². The van der Waals surface area contributed by atoms with Crippen LogP contribution in [0.5, 0.6) is 0 Å². The van der Waals surface area contributed by atoms with Gasteiger partial charge in [-0.1, -0.05) is 25.3 Å². The molecule has 0 amide bonds. The Morgan fingerprint density at radius 2 is 2.15 bits per heavy atom. The van der Waals surface area contributed by atoms with E-state index >= 15 is 0 Å². The fourth-order valence-electron chi connectivity index (χ4n) is 2.97. The van der Waals surface area contributed by atoms with Crippen LogP contribution in [0.25, 0.3) is 0 Å². The SMILES string of the molecule is CN=C(NCCO)NCC1(c2cccs2)CCCCC1. The summed E-state index contributed by atoms with van der Waals surface area (Å²) in [5, 5.41) is 17.6. The first-order valence-electron chi connectivity index (χ1n) is 7.40. The second-order valence-electron chi connectivity index (χ2n) is 5.39. The molecule has 3 N–H and O–H groups in total. The summed E-state index contributed by atoms with van der Waals surface area (Å²) in [4.78, 5) is 5.70. The maximum atomic E-state index is 8.88. The van der Waals surface area contributed by atoms with E-state index in [1.807, 2.05) is 11.3 Å². The van der Waals surface area contributed by atoms with E-state index in [0.29, 0.717) is 6.54 Å². The van der Waals surface area contributed by atoms with Gasteiger partial charge in [-0.15, -0.1) is 11.3 Å². The molecule has 2 rings (SSSR count). The van der Waals surface area contributed by atoms with Crippen molar-refractivity contribution in [1.82, 2.24) is 10.6 Å². The number of nitrogens with one attached hydrogen (secondary N) is 2. The van der Waals surface area contributed by atoms with Crippen LogP contribution in [-0.2, 0) is 5.41 Å². The minimum Gasteiger partial charge on any atom is -0.395 e. The Kier molecular flexibility index (Phi) is 5.86. The van der Waals surface area contributed by atoms with Crippen molar-refractivity contribution in [2.45, 2.75) is 37.5 Å². The van der Waals surface area contributed by atoms with Crippen molar-refractivity contribution in [3.8, 4) is 0 Å². The molecule has 1 saturated carbocycles. The number of guanidine groups is 1. The van der Waals surface area contributed by atoms with Gasteiger partial charge in [0.15, 0.2) is 5.96 Å². The summed E-state index contributed by atoms with van der Waals surface area (Å²) in [7, 11) is 1.77. The number of aliphatic hydroxyl groups excluding tert-OH is 1. The van der Waals surface area contributed by atoms with Crippen molar-refractivity contribution >= 4 is 17.3 Å². The van der Waals surface area contributed by atoms with Crippen molar-refractivity contribution in [3.05, 3.63) is 22.4 Å². The van der Waals surface area contributed by atoms with E-state index in [4.69, 9.17) is 5.11 Å². The van der Waals surface area contributed by atoms with Crippen molar-refractivity contribution in [2.75, 3.05) is 26.7 Å². The third-order valence-corrected chi connectivity index (χ3v) is 5.19. The van der Waals surface area contributed by atoms with Crippen molar-refractivity contribution in [1.29, 1.82) is 0 Å². The van der Waals surface area contributed by atoms with E-state index in [0.717, 1.165) is 12.5 Å². The average molecular weight is 295 g/mol. The summed E-state index contributed by atoms with van der Waals surface area (Å²) in [6, 6.07) is 4.41. The molecule has 0 aromatic carbocycles. The third kappa shape index (κ3) is 3.73. The number of rotatable bonds is 5. The van der Waals surface area contributed by atoms with Gasteiger partial charge in [0.25, 0.3) is 0 Å². The Morgan fingerprint density at radius 3 is 2.75 bits per heavy atom. The molecule has 0 aliphatic heterocycles. The van der Waals surface area contributed by atoms with Crippen LogP contribution in [0, 0.1) is 0 Å². The Morgan fingerprint density at radius 1 is 1.35 bits per heavy atom. The highest BCUT2D eigenvalue weighted by molar-refractivity contribution is 7.10. The molecule has 1 aliphatic carbocycles. The lowest BCUT2D eigenvalue weighted by Crippen LogP contribution is -2.46. The van der Waals surface area contributed by atoms with Crippen molar-refractivity contribution in [2.24, 2.45) is 4.99 Å². The molecule has 20 heavy (non-hydrogen) atoms. The molecule has 0 unspecified atom stereocenters. The van der Waals surface area contributed by atoms with Gasteiger partial charge in [-0.05, 0) is 24.3 Å². The fourth-order valence-corrected chi connectivity index (χ4v) is 3.95. The number of aliphatic hydroxyl groups is 1. The first kappa shape index (κ1) is 15.3. The van der Waals surface area contributed by atoms with Crippen LogP contribution in [0.4, 0.5) is 0 Å². The topological polar surface area (TPSA) is 56.7 Å². The molecule has 5 heteroatoms. The minimum atomic E-state index is 0.122. The van der Waals surface area contributed by atoms with Gasteiger partial charge in [-0.25, -0.2) is 0 Å². The van der Waals surface area contributed by atoms with Crippen LogP contribution in [0.1, 0.15) is 37.0 Å². The highest BCUT2D eigenvalue weighted by Gasteiger charge is 2.34. The van der Waals surface area contributed by atoms with Crippen molar-refractivity contribution < 1.29 is 5.11 Å². The predicted octanol–water partition coefficient (Wildman–Crippen LogP) is 2.11. The lowest BCUT2D eigenvalue weighted by atomic mass is 9.73. The number of hydrogen-bond acceptors (Lipinski definition) is 3. The molecule has 1 heterocycles. The van der Waals surface area contributed by atoms with E-state index in [1.54, 1.807) is 7.05 Å². The Bertz CT molecular complexity index is 411. The highest BCUT2D eigenvalue weighted by atomic mass is 32.1. The first-order chi connectivity index (χ1) is 9.80. The molecule has 0 atom stereocenters. The van der Waals surface area contributed by atoms with Crippen LogP contribution in [0.3, 0.4) is 0 Å². The summed E-state index contributed by atoms with van der Waals surface area (Å²) in [5.74, 6) is 0.778. The van der Waals surface area contributed by atoms with Gasteiger partial charge in [0.2, 0.25) is 0 Å². The standard InChI is InChI=1S/C15H25N3OS/c1-16-14(17-9-10-19)18-12-15(7-3-2-4-8-15)13-6-5-11-20-13/h5-6,11,19H,2-4,7-10,12H2,1H3,(H2,16,17,18). The number of aliphatic imine (C=N–C) groups is 1. The summed E-state index contributed by atoms with van der Waals surface area (Å²) in [6.07, 6.45) is 6.46. The lowest BCUT2D eigenvalue weighted by molar-refractivity contribution is 0.292. The molecule has 1 fully saturated rings. The van der Waals surface area contributed by atoms with E-state index in [2.05, 4.69) is 33.1 Å². The maximum absolute atomic E-state index is 8.88. The summed E-state index contributed by atoms with van der Waals surface area (Å²) >= 11 is 1.87. The Hall–Kier alpha value is -1.07. The molecule has 112 valence electrons. The highest BCUT2D eigenvalue weighted by Crippen LogP contribution is 2.40. The third-order valence-electron chi connectivity index (χ3n) is 4.08. The van der Waals surface area contributed by atoms with E-state index in [-0.39, 0.29) is 12.0 Å². The molecule has 1 aromatic rings. The van der Waals surface area contributed by atoms with Crippen LogP contribution in [0.15, 0.2) is 22.5 Å². The summed E-state index contributed by atoms with van der Waals surface area (Å²) < 4.78 is 0. The van der Waals surface area contributed by atoms with Gasteiger partial charge in [0.1, 0.15) is 0 Å². The number of nitrogens with zero attached hydrogens (tertiary/aromatic N) is 1. The lowest BCUT2D eigenvalue weighted by Gasteiger charge is -2.37. The fraction of sp³-hybridized carbons (Fsp3) is 0.667. The first-order valence-corrected chi connectivity index (χ1v) is 8.28. The Labute approximate surface area is 125 Å². The van der Waals surface area contributed by atoms with Gasteiger partial charge in [0, 0.05) is 30.4 Å². The van der Waals surface area contributed by atoms with E-state index in [1.165, 1.54) is 37.0 Å². The predicted molar refractivity (Wildman–Crippen MR) is 85.5 cm³/mol. The maximum Gasteiger partial charge on any atom is 0.191 e. The van der Waals surface area contributed by atoms with Gasteiger partial charge in [0.05, 0.1) is 6.61 Å². The smallest absolute Gasteiger partial charge is 0.191 e. The molecule has 1 aliphatic rings. The molecular weight excluding hydrogens is 270 g/mol. The zero-order chi connectivity index (χ0) is 14.3. The van der Waals surface area contributed by atoms with Gasteiger partial charge < -0.3 is 15.7 Å². The number of hydrogen-bond donors (Lipinski definition) is 3. The largest absolute Gasteiger partial charge is 0.395 e. The van der Waals surface area contributed by atoms with Gasteiger partial charge in [-0.3, -0.25) is 4.99 Å². The second kappa shape index (κ2) is 7.64.